The van der Waals surface area contributed by atoms with Crippen molar-refractivity contribution in [2.24, 2.45) is 13.0 Å². The van der Waals surface area contributed by atoms with Crippen LogP contribution >= 0.6 is 11.9 Å². The third kappa shape index (κ3) is 8.73. The zero-order valence-corrected chi connectivity index (χ0v) is 33.1. The second-order valence-electron chi connectivity index (χ2n) is 14.7. The normalized spacial score (nSPS) is 16.2. The molecule has 12 nitrogen and oxygen atoms in total. The number of aryl methyl sites for hydroxylation is 3. The van der Waals surface area contributed by atoms with E-state index in [1.165, 1.54) is 28.4 Å². The number of nitrogens with zero attached hydrogens (tertiary/aromatic N) is 5. The molecule has 56 heavy (non-hydrogen) atoms. The number of likely N-dealkylation sites (N-methyl/N-ethyl adjacent to an activating group) is 1. The fraction of sp³-hybridized carbons (Fsp3) is 0.463. The van der Waals surface area contributed by atoms with E-state index >= 15 is 0 Å². The SMILES string of the molecule is CNC(=O)C(CCC=O)n1c(=O)n(C)c2c(CCCCCCNSc3ccc(Nc4ncc5cc(C(F)F)c(=O)n(C6CCCC6C)c5n4)c(C)c3)cccc21. The first-order valence-corrected chi connectivity index (χ1v) is 20.2. The number of hydrogen-bond acceptors (Lipinski definition) is 9. The zero-order valence-electron chi connectivity index (χ0n) is 32.3. The number of para-hydroxylation sites is 1. The van der Waals surface area contributed by atoms with Gasteiger partial charge < -0.3 is 15.4 Å². The molecule has 0 bridgehead atoms. The molecule has 0 aliphatic heterocycles. The van der Waals surface area contributed by atoms with Gasteiger partial charge in [-0.15, -0.1) is 0 Å². The lowest BCUT2D eigenvalue weighted by Gasteiger charge is -2.22. The highest BCUT2D eigenvalue weighted by molar-refractivity contribution is 7.97. The maximum atomic E-state index is 13.8. The van der Waals surface area contributed by atoms with Gasteiger partial charge in [0.15, 0.2) is 0 Å². The molecule has 0 saturated heterocycles. The Bertz CT molecular complexity index is 2320. The Kier molecular flexibility index (Phi) is 13.4. The van der Waals surface area contributed by atoms with Gasteiger partial charge in [-0.25, -0.2) is 18.6 Å². The Labute approximate surface area is 328 Å². The van der Waals surface area contributed by atoms with Gasteiger partial charge in [0, 0.05) is 55.3 Å². The van der Waals surface area contributed by atoms with Crippen LogP contribution in [0.1, 0.15) is 99.9 Å². The number of imidazole rings is 1. The number of benzene rings is 2. The summed E-state index contributed by atoms with van der Waals surface area (Å²) < 4.78 is 35.7. The minimum absolute atomic E-state index is 0.181. The van der Waals surface area contributed by atoms with Gasteiger partial charge >= 0.3 is 5.69 Å². The summed E-state index contributed by atoms with van der Waals surface area (Å²) in [5.74, 6) is 0.178. The van der Waals surface area contributed by atoms with Crippen LogP contribution in [0.3, 0.4) is 0 Å². The lowest BCUT2D eigenvalue weighted by molar-refractivity contribution is -0.124. The quantitative estimate of drug-likeness (QED) is 0.0468. The topological polar surface area (TPSA) is 145 Å². The maximum Gasteiger partial charge on any atom is 0.329 e. The lowest BCUT2D eigenvalue weighted by atomic mass is 10.0. The molecule has 3 N–H and O–H groups in total. The van der Waals surface area contributed by atoms with Gasteiger partial charge in [0.1, 0.15) is 18.0 Å². The average molecular weight is 789 g/mol. The van der Waals surface area contributed by atoms with Crippen LogP contribution in [0.15, 0.2) is 63.1 Å². The number of unbranched alkanes of at least 4 members (excludes halogenated alkanes) is 3. The van der Waals surface area contributed by atoms with Crippen LogP contribution in [0.2, 0.25) is 0 Å². The molecular formula is C41H50F2N8O4S. The van der Waals surface area contributed by atoms with Gasteiger partial charge in [-0.05, 0) is 105 Å². The molecule has 15 heteroatoms. The van der Waals surface area contributed by atoms with Crippen molar-refractivity contribution in [1.82, 2.24) is 33.7 Å². The van der Waals surface area contributed by atoms with Crippen molar-refractivity contribution in [3.05, 3.63) is 86.2 Å². The summed E-state index contributed by atoms with van der Waals surface area (Å²) in [6.45, 7) is 4.87. The van der Waals surface area contributed by atoms with Crippen LogP contribution < -0.4 is 26.6 Å². The van der Waals surface area contributed by atoms with E-state index in [1.807, 2.05) is 44.2 Å². The second kappa shape index (κ2) is 18.4. The van der Waals surface area contributed by atoms with E-state index in [1.54, 1.807) is 23.6 Å². The monoisotopic (exact) mass is 788 g/mol. The predicted octanol–water partition coefficient (Wildman–Crippen LogP) is 7.46. The summed E-state index contributed by atoms with van der Waals surface area (Å²) >= 11 is 1.56. The third-order valence-electron chi connectivity index (χ3n) is 10.9. The Morgan fingerprint density at radius 1 is 1.09 bits per heavy atom. The Morgan fingerprint density at radius 2 is 1.89 bits per heavy atom. The highest BCUT2D eigenvalue weighted by atomic mass is 32.2. The van der Waals surface area contributed by atoms with Gasteiger partial charge in [0.25, 0.3) is 12.0 Å². The number of rotatable bonds is 18. The maximum absolute atomic E-state index is 13.8. The number of pyridine rings is 1. The number of hydrogen-bond donors (Lipinski definition) is 3. The first-order valence-electron chi connectivity index (χ1n) is 19.4. The molecule has 0 radical (unpaired) electrons. The molecule has 298 valence electrons. The molecule has 3 aromatic heterocycles. The summed E-state index contributed by atoms with van der Waals surface area (Å²) in [5, 5.41) is 6.31. The van der Waals surface area contributed by atoms with E-state index in [0.29, 0.717) is 22.5 Å². The van der Waals surface area contributed by atoms with E-state index in [-0.39, 0.29) is 36.4 Å². The van der Waals surface area contributed by atoms with Crippen LogP contribution in [0.5, 0.6) is 0 Å². The van der Waals surface area contributed by atoms with Gasteiger partial charge in [0.05, 0.1) is 16.6 Å². The molecule has 0 spiro atoms. The molecule has 1 amide bonds. The van der Waals surface area contributed by atoms with Gasteiger partial charge in [-0.3, -0.25) is 28.0 Å². The van der Waals surface area contributed by atoms with Crippen LogP contribution in [0, 0.1) is 12.8 Å². The van der Waals surface area contributed by atoms with Crippen molar-refractivity contribution in [3.8, 4) is 0 Å². The van der Waals surface area contributed by atoms with Crippen LogP contribution in [-0.4, -0.2) is 49.5 Å². The minimum atomic E-state index is -2.88. The van der Waals surface area contributed by atoms with Crippen molar-refractivity contribution in [1.29, 1.82) is 0 Å². The van der Waals surface area contributed by atoms with Crippen LogP contribution in [0.25, 0.3) is 22.1 Å². The third-order valence-corrected chi connectivity index (χ3v) is 11.7. The predicted molar refractivity (Wildman–Crippen MR) is 217 cm³/mol. The van der Waals surface area contributed by atoms with Gasteiger partial charge in [-0.2, -0.15) is 4.98 Å². The second-order valence-corrected chi connectivity index (χ2v) is 15.6. The smallest absolute Gasteiger partial charge is 0.329 e. The molecule has 1 aliphatic carbocycles. The molecule has 6 rings (SSSR count). The fourth-order valence-corrected chi connectivity index (χ4v) is 8.71. The molecular weight excluding hydrogens is 739 g/mol. The number of halogens is 2. The Hall–Kier alpha value is -4.89. The number of fused-ring (bicyclic) bond motifs is 2. The summed E-state index contributed by atoms with van der Waals surface area (Å²) in [7, 11) is 3.26. The number of carbonyl (C=O) groups is 2. The molecule has 1 fully saturated rings. The average Bonchev–Trinajstić information content (AvgIpc) is 3.72. The standard InChI is InChI=1S/C41H50F2N8O4S/c1-25-12-9-15-32(25)51-37-28(23-30(36(42)43)39(51)54)24-45-40(48-37)47-31-19-18-29(22-26(31)2)56-46-20-8-6-5-7-13-27-14-10-16-33-35(27)49(4)41(55)50(33)34(17-11-21-52)38(53)44-3/h10,14,16,18-19,21-25,32,34,36,46H,5-9,11-13,15,17,20H2,1-4H3,(H,44,53)(H,45,47,48). The zero-order chi connectivity index (χ0) is 39.9. The van der Waals surface area contributed by atoms with E-state index in [4.69, 9.17) is 0 Å². The molecule has 3 unspecified atom stereocenters. The molecule has 5 aromatic rings. The number of carbonyl (C=O) groups excluding carboxylic acids is 2. The highest BCUT2D eigenvalue weighted by Gasteiger charge is 2.30. The number of amides is 1. The Morgan fingerprint density at radius 3 is 2.61 bits per heavy atom. The van der Waals surface area contributed by atoms with Crippen molar-refractivity contribution >= 4 is 57.8 Å². The number of alkyl halides is 2. The van der Waals surface area contributed by atoms with E-state index < -0.39 is 23.6 Å². The van der Waals surface area contributed by atoms with Crippen LogP contribution in [-0.2, 0) is 23.1 Å². The first-order chi connectivity index (χ1) is 27.0. The molecule has 2 aromatic carbocycles. The summed E-state index contributed by atoms with van der Waals surface area (Å²) in [5.41, 5.74) is 3.25. The van der Waals surface area contributed by atoms with E-state index in [0.717, 1.165) is 91.4 Å². The number of anilines is 2. The number of aromatic nitrogens is 5. The molecule has 3 heterocycles. The highest BCUT2D eigenvalue weighted by Crippen LogP contribution is 2.37. The van der Waals surface area contributed by atoms with E-state index in [9.17, 15) is 28.0 Å². The van der Waals surface area contributed by atoms with Crippen molar-refractivity contribution in [3.63, 3.8) is 0 Å². The fourth-order valence-electron chi connectivity index (χ4n) is 7.93. The molecule has 1 saturated carbocycles. The molecule has 1 aliphatic rings. The largest absolute Gasteiger partial charge is 0.357 e. The summed E-state index contributed by atoms with van der Waals surface area (Å²) in [6, 6.07) is 12.1. The molecule has 3 atom stereocenters. The van der Waals surface area contributed by atoms with Gasteiger partial charge in [0.2, 0.25) is 11.9 Å². The lowest BCUT2D eigenvalue weighted by Crippen LogP contribution is -2.36. The number of nitrogens with one attached hydrogen (secondary N) is 3. The summed E-state index contributed by atoms with van der Waals surface area (Å²) in [6.07, 6.45) is 7.27. The minimum Gasteiger partial charge on any atom is -0.357 e. The van der Waals surface area contributed by atoms with E-state index in [2.05, 4.69) is 31.4 Å². The summed E-state index contributed by atoms with van der Waals surface area (Å²) in [4.78, 5) is 60.4. The van der Waals surface area contributed by atoms with Crippen molar-refractivity contribution in [2.75, 3.05) is 18.9 Å². The van der Waals surface area contributed by atoms with Crippen LogP contribution in [0.4, 0.5) is 20.4 Å². The van der Waals surface area contributed by atoms with Crippen molar-refractivity contribution in [2.45, 2.75) is 101 Å². The van der Waals surface area contributed by atoms with Gasteiger partial charge in [-0.1, -0.05) is 38.3 Å². The van der Waals surface area contributed by atoms with Crippen molar-refractivity contribution < 1.29 is 18.4 Å². The number of aldehydes is 1. The Balaban J connectivity index is 1.00. The first kappa shape index (κ1) is 40.8.